The fraction of sp³-hybridized carbons (Fsp3) is 0.500. The third kappa shape index (κ3) is 5.08. The van der Waals surface area contributed by atoms with Crippen LogP contribution in [0.4, 0.5) is 5.69 Å². The first-order chi connectivity index (χ1) is 8.07. The summed E-state index contributed by atoms with van der Waals surface area (Å²) < 4.78 is 28.0. The second-order valence-corrected chi connectivity index (χ2v) is 6.11. The largest absolute Gasteiger partial charge is 0.497 e. The highest BCUT2D eigenvalue weighted by atomic mass is 32.2. The zero-order valence-corrected chi connectivity index (χ0v) is 11.1. The van der Waals surface area contributed by atoms with Crippen LogP contribution in [-0.2, 0) is 9.84 Å². The molecule has 0 aliphatic rings. The summed E-state index contributed by atoms with van der Waals surface area (Å²) in [7, 11) is -1.31. The van der Waals surface area contributed by atoms with Gasteiger partial charge in [0, 0.05) is 24.1 Å². The van der Waals surface area contributed by atoms with Gasteiger partial charge in [0.2, 0.25) is 0 Å². The predicted octanol–water partition coefficient (Wildman–Crippen LogP) is 1.93. The zero-order valence-electron chi connectivity index (χ0n) is 10.3. The molecule has 1 aromatic rings. The molecule has 1 rings (SSSR count). The van der Waals surface area contributed by atoms with E-state index >= 15 is 0 Å². The van der Waals surface area contributed by atoms with Crippen molar-refractivity contribution in [1.82, 2.24) is 0 Å². The highest BCUT2D eigenvalue weighted by Crippen LogP contribution is 2.16. The molecule has 96 valence electrons. The third-order valence-corrected chi connectivity index (χ3v) is 4.18. The van der Waals surface area contributed by atoms with Gasteiger partial charge in [-0.05, 0) is 18.6 Å². The van der Waals surface area contributed by atoms with Crippen molar-refractivity contribution in [1.29, 1.82) is 0 Å². The molecule has 0 radical (unpaired) electrons. The molecule has 0 aliphatic carbocycles. The summed E-state index contributed by atoms with van der Waals surface area (Å²) in [6, 6.07) is 7.43. The van der Waals surface area contributed by atoms with Gasteiger partial charge in [-0.25, -0.2) is 8.42 Å². The Morgan fingerprint density at radius 3 is 2.71 bits per heavy atom. The predicted molar refractivity (Wildman–Crippen MR) is 70.4 cm³/mol. The van der Waals surface area contributed by atoms with E-state index in [9.17, 15) is 8.42 Å². The summed E-state index contributed by atoms with van der Waals surface area (Å²) >= 11 is 0. The Kier molecular flexibility index (Phi) is 5.28. The van der Waals surface area contributed by atoms with Crippen molar-refractivity contribution in [2.45, 2.75) is 13.3 Å². The van der Waals surface area contributed by atoms with Gasteiger partial charge in [-0.2, -0.15) is 0 Å². The van der Waals surface area contributed by atoms with Crippen LogP contribution in [-0.4, -0.2) is 33.6 Å². The molecule has 0 aliphatic heterocycles. The number of sulfone groups is 1. The van der Waals surface area contributed by atoms with E-state index in [4.69, 9.17) is 4.74 Å². The number of benzene rings is 1. The lowest BCUT2D eigenvalue weighted by atomic mass is 10.3. The van der Waals surface area contributed by atoms with Crippen molar-refractivity contribution >= 4 is 15.5 Å². The van der Waals surface area contributed by atoms with Crippen molar-refractivity contribution in [2.75, 3.05) is 30.5 Å². The lowest BCUT2D eigenvalue weighted by Gasteiger charge is -2.08. The quantitative estimate of drug-likeness (QED) is 0.811. The molecular weight excluding hydrogens is 238 g/mol. The highest BCUT2D eigenvalue weighted by molar-refractivity contribution is 7.91. The Morgan fingerprint density at radius 2 is 2.06 bits per heavy atom. The maximum atomic E-state index is 11.5. The van der Waals surface area contributed by atoms with Gasteiger partial charge in [-0.15, -0.1) is 0 Å². The normalized spacial score (nSPS) is 11.2. The van der Waals surface area contributed by atoms with Crippen molar-refractivity contribution in [3.05, 3.63) is 24.3 Å². The molecule has 4 nitrogen and oxygen atoms in total. The van der Waals surface area contributed by atoms with Crippen LogP contribution in [0.25, 0.3) is 0 Å². The van der Waals surface area contributed by atoms with Crippen molar-refractivity contribution in [2.24, 2.45) is 0 Å². The summed E-state index contributed by atoms with van der Waals surface area (Å²) in [6.07, 6.45) is 0.668. The van der Waals surface area contributed by atoms with E-state index in [1.165, 1.54) is 0 Å². The molecule has 1 N–H and O–H groups in total. The number of hydrogen-bond acceptors (Lipinski definition) is 4. The molecule has 0 saturated heterocycles. The van der Waals surface area contributed by atoms with Crippen LogP contribution in [0.1, 0.15) is 13.3 Å². The van der Waals surface area contributed by atoms with Gasteiger partial charge in [0.05, 0.1) is 12.9 Å². The first kappa shape index (κ1) is 13.8. The van der Waals surface area contributed by atoms with Gasteiger partial charge < -0.3 is 10.1 Å². The van der Waals surface area contributed by atoms with Crippen LogP contribution in [0.2, 0.25) is 0 Å². The van der Waals surface area contributed by atoms with Crippen LogP contribution >= 0.6 is 0 Å². The fourth-order valence-electron chi connectivity index (χ4n) is 1.50. The number of nitrogens with one attached hydrogen (secondary N) is 1. The summed E-state index contributed by atoms with van der Waals surface area (Å²) in [5, 5.41) is 3.07. The lowest BCUT2D eigenvalue weighted by molar-refractivity contribution is 0.415. The van der Waals surface area contributed by atoms with Gasteiger partial charge in [0.25, 0.3) is 0 Å². The van der Waals surface area contributed by atoms with Crippen LogP contribution in [0.15, 0.2) is 24.3 Å². The summed E-state index contributed by atoms with van der Waals surface area (Å²) in [4.78, 5) is 0. The number of ether oxygens (including phenoxy) is 1. The van der Waals surface area contributed by atoms with E-state index in [-0.39, 0.29) is 11.5 Å². The van der Waals surface area contributed by atoms with Gasteiger partial charge in [0.15, 0.2) is 9.84 Å². The van der Waals surface area contributed by atoms with Crippen molar-refractivity contribution < 1.29 is 13.2 Å². The number of hydrogen-bond donors (Lipinski definition) is 1. The van der Waals surface area contributed by atoms with E-state index in [0.29, 0.717) is 13.0 Å². The molecule has 0 aromatic heterocycles. The Balaban J connectivity index is 2.45. The molecule has 0 bridgehead atoms. The maximum Gasteiger partial charge on any atom is 0.152 e. The van der Waals surface area contributed by atoms with Gasteiger partial charge in [-0.3, -0.25) is 0 Å². The second kappa shape index (κ2) is 6.49. The molecule has 0 saturated carbocycles. The second-order valence-electron chi connectivity index (χ2n) is 3.81. The smallest absolute Gasteiger partial charge is 0.152 e. The van der Waals surface area contributed by atoms with Crippen molar-refractivity contribution in [3.8, 4) is 5.75 Å². The van der Waals surface area contributed by atoms with E-state index in [1.807, 2.05) is 31.2 Å². The Labute approximate surface area is 103 Å². The molecule has 0 unspecified atom stereocenters. The summed E-state index contributed by atoms with van der Waals surface area (Å²) in [6.45, 7) is 2.29. The summed E-state index contributed by atoms with van der Waals surface area (Å²) in [5.74, 6) is 1.18. The lowest BCUT2D eigenvalue weighted by Crippen LogP contribution is -2.18. The van der Waals surface area contributed by atoms with Crippen LogP contribution in [0.5, 0.6) is 5.75 Å². The molecular formula is C12H19NO3S. The topological polar surface area (TPSA) is 55.4 Å². The number of methoxy groups -OCH3 is 1. The minimum absolute atomic E-state index is 0.165. The highest BCUT2D eigenvalue weighted by Gasteiger charge is 2.08. The molecule has 1 aromatic carbocycles. The maximum absolute atomic E-state index is 11.5. The van der Waals surface area contributed by atoms with Crippen LogP contribution < -0.4 is 10.1 Å². The molecule has 0 amide bonds. The molecule has 0 spiro atoms. The molecule has 0 fully saturated rings. The van der Waals surface area contributed by atoms with Gasteiger partial charge in [-0.1, -0.05) is 13.0 Å². The average Bonchev–Trinajstić information content (AvgIpc) is 2.29. The van der Waals surface area contributed by atoms with Crippen LogP contribution in [0, 0.1) is 0 Å². The standard InChI is InChI=1S/C12H19NO3S/c1-3-8-17(14,15)9-7-13-11-5-4-6-12(10-11)16-2/h4-6,10,13H,3,7-9H2,1-2H3. The molecule has 0 heterocycles. The first-order valence-corrected chi connectivity index (χ1v) is 7.48. The Hall–Kier alpha value is -1.23. The third-order valence-electron chi connectivity index (χ3n) is 2.33. The average molecular weight is 257 g/mol. The van der Waals surface area contributed by atoms with E-state index in [1.54, 1.807) is 7.11 Å². The van der Waals surface area contributed by atoms with Crippen LogP contribution in [0.3, 0.4) is 0 Å². The molecule has 17 heavy (non-hydrogen) atoms. The SMILES string of the molecule is CCCS(=O)(=O)CCNc1cccc(OC)c1. The van der Waals surface area contributed by atoms with E-state index in [0.717, 1.165) is 11.4 Å². The zero-order chi connectivity index (χ0) is 12.7. The van der Waals surface area contributed by atoms with E-state index < -0.39 is 9.84 Å². The summed E-state index contributed by atoms with van der Waals surface area (Å²) in [5.41, 5.74) is 0.871. The van der Waals surface area contributed by atoms with Gasteiger partial charge in [0.1, 0.15) is 5.75 Å². The number of anilines is 1. The Morgan fingerprint density at radius 1 is 1.29 bits per heavy atom. The van der Waals surface area contributed by atoms with E-state index in [2.05, 4.69) is 5.32 Å². The monoisotopic (exact) mass is 257 g/mol. The number of rotatable bonds is 7. The van der Waals surface area contributed by atoms with Gasteiger partial charge >= 0.3 is 0 Å². The Bertz CT molecular complexity index is 443. The minimum atomic E-state index is -2.91. The van der Waals surface area contributed by atoms with Crippen molar-refractivity contribution in [3.63, 3.8) is 0 Å². The molecule has 0 atom stereocenters. The molecule has 5 heteroatoms. The fourth-order valence-corrected chi connectivity index (χ4v) is 2.74. The first-order valence-electron chi connectivity index (χ1n) is 5.66. The minimum Gasteiger partial charge on any atom is -0.497 e.